The van der Waals surface area contributed by atoms with Crippen LogP contribution >= 0.6 is 0 Å². The number of amides is 1. The molecule has 0 bridgehead atoms. The zero-order chi connectivity index (χ0) is 18.5. The van der Waals surface area contributed by atoms with Crippen LogP contribution in [-0.4, -0.2) is 78.8 Å². The van der Waals surface area contributed by atoms with Crippen LogP contribution in [0.25, 0.3) is 0 Å². The highest BCUT2D eigenvalue weighted by molar-refractivity contribution is 5.78. The summed E-state index contributed by atoms with van der Waals surface area (Å²) in [4.78, 5) is 21.4. The topological polar surface area (TPSA) is 77.9 Å². The highest BCUT2D eigenvalue weighted by Gasteiger charge is 2.36. The summed E-state index contributed by atoms with van der Waals surface area (Å²) in [7, 11) is 3.73. The molecule has 1 aromatic heterocycles. The summed E-state index contributed by atoms with van der Waals surface area (Å²) in [5.41, 5.74) is 0.935. The molecule has 1 aliphatic heterocycles. The molecule has 2 fully saturated rings. The first-order valence-corrected chi connectivity index (χ1v) is 9.42. The van der Waals surface area contributed by atoms with E-state index in [1.807, 2.05) is 6.07 Å². The molecule has 7 nitrogen and oxygen atoms in total. The maximum absolute atomic E-state index is 12.7. The fraction of sp³-hybridized carbons (Fsp3) is 0.684. The number of pyridine rings is 1. The first kappa shape index (κ1) is 19.1. The Balaban J connectivity index is 1.64. The van der Waals surface area contributed by atoms with Crippen LogP contribution in [0.4, 0.5) is 0 Å². The van der Waals surface area contributed by atoms with E-state index in [0.717, 1.165) is 38.2 Å². The lowest BCUT2D eigenvalue weighted by Crippen LogP contribution is -2.45. The number of likely N-dealkylation sites (N-methyl/N-ethyl adjacent to an activating group) is 1. The predicted octanol–water partition coefficient (Wildman–Crippen LogP) is 0.656. The number of ether oxygens (including phenoxy) is 1. The third-order valence-electron chi connectivity index (χ3n) is 5.45. The van der Waals surface area contributed by atoms with Crippen LogP contribution in [0, 0.1) is 5.92 Å². The average Bonchev–Trinajstić information content (AvgIpc) is 2.81. The van der Waals surface area contributed by atoms with Crippen LogP contribution in [0.3, 0.4) is 0 Å². The van der Waals surface area contributed by atoms with Gasteiger partial charge < -0.3 is 20.1 Å². The second-order valence-electron chi connectivity index (χ2n) is 7.52. The van der Waals surface area contributed by atoms with Crippen LogP contribution < -0.4 is 10.1 Å². The van der Waals surface area contributed by atoms with E-state index < -0.39 is 0 Å². The standard InChI is InChI=1S/C19H30N4O3/c1-22-4-3-5-23(7-6-22)13-18(25)21-19(14-8-16(24)9-14)15-10-17(26-2)12-20-11-15/h10-12,14,16,19,24H,3-9,13H2,1-2H3,(H,21,25)/t14?,16?,19-/m1/s1. The monoisotopic (exact) mass is 362 g/mol. The normalized spacial score (nSPS) is 25.8. The van der Waals surface area contributed by atoms with E-state index >= 15 is 0 Å². The molecule has 0 spiro atoms. The van der Waals surface area contributed by atoms with Gasteiger partial charge in [-0.05, 0) is 56.9 Å². The Kier molecular flexibility index (Phi) is 6.45. The van der Waals surface area contributed by atoms with Crippen LogP contribution in [0.5, 0.6) is 5.75 Å². The first-order chi connectivity index (χ1) is 12.5. The molecule has 1 amide bonds. The first-order valence-electron chi connectivity index (χ1n) is 9.42. The molecule has 26 heavy (non-hydrogen) atoms. The highest BCUT2D eigenvalue weighted by Crippen LogP contribution is 2.38. The number of methoxy groups -OCH3 is 1. The van der Waals surface area contributed by atoms with Crippen molar-refractivity contribution >= 4 is 5.91 Å². The molecule has 3 rings (SSSR count). The number of aromatic nitrogens is 1. The van der Waals surface area contributed by atoms with Crippen molar-refractivity contribution in [1.82, 2.24) is 20.1 Å². The van der Waals surface area contributed by atoms with E-state index in [0.29, 0.717) is 25.1 Å². The van der Waals surface area contributed by atoms with Gasteiger partial charge in [0.15, 0.2) is 0 Å². The van der Waals surface area contributed by atoms with Crippen molar-refractivity contribution in [3.8, 4) is 5.75 Å². The van der Waals surface area contributed by atoms with Gasteiger partial charge in [0, 0.05) is 19.3 Å². The average molecular weight is 362 g/mol. The van der Waals surface area contributed by atoms with Gasteiger partial charge in [-0.25, -0.2) is 0 Å². The Labute approximate surface area is 155 Å². The van der Waals surface area contributed by atoms with Crippen LogP contribution in [-0.2, 0) is 4.79 Å². The molecule has 144 valence electrons. The minimum Gasteiger partial charge on any atom is -0.495 e. The third kappa shape index (κ3) is 4.93. The molecule has 1 saturated carbocycles. The molecule has 1 saturated heterocycles. The van der Waals surface area contributed by atoms with E-state index in [2.05, 4.69) is 27.1 Å². The number of aliphatic hydroxyl groups is 1. The smallest absolute Gasteiger partial charge is 0.234 e. The van der Waals surface area contributed by atoms with Gasteiger partial charge in [-0.3, -0.25) is 14.7 Å². The second kappa shape index (κ2) is 8.79. The Morgan fingerprint density at radius 1 is 1.35 bits per heavy atom. The van der Waals surface area contributed by atoms with Crippen LogP contribution in [0.2, 0.25) is 0 Å². The summed E-state index contributed by atoms with van der Waals surface area (Å²) in [6, 6.07) is 1.78. The number of rotatable bonds is 6. The van der Waals surface area contributed by atoms with Gasteiger partial charge in [0.25, 0.3) is 0 Å². The van der Waals surface area contributed by atoms with E-state index in [1.54, 1.807) is 19.5 Å². The van der Waals surface area contributed by atoms with Crippen LogP contribution in [0.1, 0.15) is 30.9 Å². The lowest BCUT2D eigenvalue weighted by molar-refractivity contribution is -0.124. The summed E-state index contributed by atoms with van der Waals surface area (Å²) in [5, 5.41) is 12.9. The molecule has 1 aliphatic carbocycles. The van der Waals surface area contributed by atoms with E-state index in [-0.39, 0.29) is 24.0 Å². The molecule has 7 heteroatoms. The number of carbonyl (C=O) groups excluding carboxylic acids is 1. The van der Waals surface area contributed by atoms with E-state index in [1.165, 1.54) is 0 Å². The van der Waals surface area contributed by atoms with Crippen molar-refractivity contribution in [3.63, 3.8) is 0 Å². The van der Waals surface area contributed by atoms with Gasteiger partial charge in [-0.1, -0.05) is 0 Å². The number of hydrogen-bond acceptors (Lipinski definition) is 6. The molecule has 1 atom stereocenters. The summed E-state index contributed by atoms with van der Waals surface area (Å²) in [5.74, 6) is 0.944. The SMILES string of the molecule is COc1cncc([C@H](NC(=O)CN2CCCN(C)CC2)C2CC(O)C2)c1. The summed E-state index contributed by atoms with van der Waals surface area (Å²) >= 11 is 0. The lowest BCUT2D eigenvalue weighted by Gasteiger charge is -2.38. The maximum Gasteiger partial charge on any atom is 0.234 e. The van der Waals surface area contributed by atoms with Crippen molar-refractivity contribution in [2.45, 2.75) is 31.4 Å². The fourth-order valence-electron chi connectivity index (χ4n) is 3.77. The van der Waals surface area contributed by atoms with Crippen molar-refractivity contribution in [2.24, 2.45) is 5.92 Å². The number of hydrogen-bond donors (Lipinski definition) is 2. The Bertz CT molecular complexity index is 606. The number of carbonyl (C=O) groups is 1. The largest absolute Gasteiger partial charge is 0.495 e. The maximum atomic E-state index is 12.7. The van der Waals surface area contributed by atoms with E-state index in [4.69, 9.17) is 4.74 Å². The summed E-state index contributed by atoms with van der Waals surface area (Å²) < 4.78 is 5.27. The number of aliphatic hydroxyl groups excluding tert-OH is 1. The van der Waals surface area contributed by atoms with E-state index in [9.17, 15) is 9.90 Å². The summed E-state index contributed by atoms with van der Waals surface area (Å²) in [6.07, 6.45) is 5.67. The lowest BCUT2D eigenvalue weighted by atomic mass is 9.75. The van der Waals surface area contributed by atoms with Gasteiger partial charge in [0.1, 0.15) is 5.75 Å². The van der Waals surface area contributed by atoms with Crippen molar-refractivity contribution < 1.29 is 14.6 Å². The zero-order valence-corrected chi connectivity index (χ0v) is 15.7. The minimum atomic E-state index is -0.265. The Hall–Kier alpha value is -1.70. The molecule has 0 unspecified atom stereocenters. The Morgan fingerprint density at radius 2 is 2.15 bits per heavy atom. The van der Waals surface area contributed by atoms with Gasteiger partial charge in [0.05, 0.1) is 32.0 Å². The molecule has 1 aromatic rings. The Morgan fingerprint density at radius 3 is 2.88 bits per heavy atom. The predicted molar refractivity (Wildman–Crippen MR) is 99.0 cm³/mol. The van der Waals surface area contributed by atoms with Crippen molar-refractivity contribution in [1.29, 1.82) is 0 Å². The highest BCUT2D eigenvalue weighted by atomic mass is 16.5. The molecular formula is C19H30N4O3. The van der Waals surface area contributed by atoms with Crippen molar-refractivity contribution in [3.05, 3.63) is 24.0 Å². The fourth-order valence-corrected chi connectivity index (χ4v) is 3.77. The second-order valence-corrected chi connectivity index (χ2v) is 7.52. The zero-order valence-electron chi connectivity index (χ0n) is 15.7. The quantitative estimate of drug-likeness (QED) is 0.774. The molecule has 0 radical (unpaired) electrons. The molecule has 2 aliphatic rings. The van der Waals surface area contributed by atoms with Gasteiger partial charge in [0.2, 0.25) is 5.91 Å². The molecule has 0 aromatic carbocycles. The number of nitrogens with zero attached hydrogens (tertiary/aromatic N) is 3. The molecule has 2 N–H and O–H groups in total. The van der Waals surface area contributed by atoms with Crippen LogP contribution in [0.15, 0.2) is 18.5 Å². The summed E-state index contributed by atoms with van der Waals surface area (Å²) in [6.45, 7) is 4.35. The van der Waals surface area contributed by atoms with Gasteiger partial charge in [-0.2, -0.15) is 0 Å². The third-order valence-corrected chi connectivity index (χ3v) is 5.45. The van der Waals surface area contributed by atoms with Crippen molar-refractivity contribution in [2.75, 3.05) is 46.9 Å². The van der Waals surface area contributed by atoms with Gasteiger partial charge in [-0.15, -0.1) is 0 Å². The molecular weight excluding hydrogens is 332 g/mol. The molecule has 2 heterocycles. The van der Waals surface area contributed by atoms with Gasteiger partial charge >= 0.3 is 0 Å². The minimum absolute atomic E-state index is 0.0313. The number of nitrogens with one attached hydrogen (secondary N) is 1.